The third-order valence-corrected chi connectivity index (χ3v) is 0.544. The van der Waals surface area contributed by atoms with Crippen molar-refractivity contribution in [3.8, 4) is 0 Å². The van der Waals surface area contributed by atoms with Crippen molar-refractivity contribution in [1.29, 1.82) is 0 Å². The van der Waals surface area contributed by atoms with E-state index in [2.05, 4.69) is 0 Å². The molecule has 0 aliphatic carbocycles. The van der Waals surface area contributed by atoms with Gasteiger partial charge >= 0.3 is 6.15 Å². The van der Waals surface area contributed by atoms with Crippen LogP contribution in [0.25, 0.3) is 0 Å². The zero-order valence-corrected chi connectivity index (χ0v) is 6.88. The number of carbonyl (C=O) groups excluding carboxylic acids is 2. The van der Waals surface area contributed by atoms with Gasteiger partial charge in [-0.3, -0.25) is 0 Å². The number of ether oxygens (including phenoxy) is 1. The van der Waals surface area contributed by atoms with Crippen molar-refractivity contribution in [3.05, 3.63) is 0 Å². The third kappa shape index (κ3) is 26.4. The highest BCUT2D eigenvalue weighted by atomic mass is 16.5. The minimum atomic E-state index is 0.250. The van der Waals surface area contributed by atoms with E-state index in [9.17, 15) is 0 Å². The molecule has 0 fully saturated rings. The Kier molecular flexibility index (Phi) is 10.1. The molecule has 0 aromatic carbocycles. The van der Waals surface area contributed by atoms with Gasteiger partial charge in [0.05, 0.1) is 12.2 Å². The molecule has 0 spiro atoms. The second-order valence-electron chi connectivity index (χ2n) is 2.32. The van der Waals surface area contributed by atoms with E-state index in [1.807, 2.05) is 27.7 Å². The Labute approximate surface area is 61.4 Å². The Morgan fingerprint density at radius 1 is 1.00 bits per heavy atom. The van der Waals surface area contributed by atoms with Crippen molar-refractivity contribution in [2.24, 2.45) is 0 Å². The second-order valence-corrected chi connectivity index (χ2v) is 2.32. The minimum absolute atomic E-state index is 0.250. The summed E-state index contributed by atoms with van der Waals surface area (Å²) in [4.78, 5) is 16.2. The summed E-state index contributed by atoms with van der Waals surface area (Å²) in [5.41, 5.74) is 0. The Morgan fingerprint density at radius 2 is 1.20 bits per heavy atom. The highest BCUT2D eigenvalue weighted by Gasteiger charge is 1.94. The molecule has 0 atom stereocenters. The van der Waals surface area contributed by atoms with Gasteiger partial charge in [-0.2, -0.15) is 9.59 Å². The average Bonchev–Trinajstić information content (AvgIpc) is 1.62. The normalized spacial score (nSPS) is 8.60. The summed E-state index contributed by atoms with van der Waals surface area (Å²) in [6.07, 6.45) is 1.000. The summed E-state index contributed by atoms with van der Waals surface area (Å²) >= 11 is 0. The Bertz CT molecular complexity index is 85.0. The van der Waals surface area contributed by atoms with Crippen LogP contribution in [0.1, 0.15) is 27.7 Å². The Balaban J connectivity index is 0. The molecule has 0 aromatic rings. The van der Waals surface area contributed by atoms with Gasteiger partial charge in [-0.25, -0.2) is 0 Å². The predicted molar refractivity (Wildman–Crippen MR) is 36.4 cm³/mol. The minimum Gasteiger partial charge on any atom is -0.376 e. The molecule has 3 nitrogen and oxygen atoms in total. The fraction of sp³-hybridized carbons (Fsp3) is 0.857. The van der Waals surface area contributed by atoms with Gasteiger partial charge in [0.15, 0.2) is 0 Å². The lowest BCUT2D eigenvalue weighted by atomic mass is 10.4. The molecule has 0 rings (SSSR count). The fourth-order valence-corrected chi connectivity index (χ4v) is 0.544. The lowest BCUT2D eigenvalue weighted by molar-refractivity contribution is -0.191. The first kappa shape index (κ1) is 12.1. The molecule has 10 heavy (non-hydrogen) atoms. The van der Waals surface area contributed by atoms with Crippen LogP contribution in [0.4, 0.5) is 0 Å². The third-order valence-electron chi connectivity index (χ3n) is 0.544. The van der Waals surface area contributed by atoms with E-state index in [-0.39, 0.29) is 6.15 Å². The number of hydrogen-bond donors (Lipinski definition) is 0. The second kappa shape index (κ2) is 8.34. The Hall–Kier alpha value is -0.660. The van der Waals surface area contributed by atoms with Crippen molar-refractivity contribution < 1.29 is 14.3 Å². The maximum absolute atomic E-state index is 8.12. The molecule has 0 bridgehead atoms. The first-order valence-electron chi connectivity index (χ1n) is 3.19. The van der Waals surface area contributed by atoms with Crippen LogP contribution in [0.15, 0.2) is 0 Å². The van der Waals surface area contributed by atoms with Crippen LogP contribution < -0.4 is 0 Å². The molecular formula is C7H14O3. The topological polar surface area (TPSA) is 43.4 Å². The van der Waals surface area contributed by atoms with Gasteiger partial charge in [-0.1, -0.05) is 0 Å². The van der Waals surface area contributed by atoms with Gasteiger partial charge in [-0.15, -0.1) is 0 Å². The zero-order chi connectivity index (χ0) is 8.57. The van der Waals surface area contributed by atoms with E-state index in [1.54, 1.807) is 0 Å². The van der Waals surface area contributed by atoms with Crippen LogP contribution in [-0.2, 0) is 14.3 Å². The molecule has 0 radical (unpaired) electrons. The molecule has 0 aromatic heterocycles. The maximum atomic E-state index is 8.12. The standard InChI is InChI=1S/C6H14O.CO2/c1-5(2)7-6(3)4;2-1-3/h5-6H,1-4H3;. The van der Waals surface area contributed by atoms with Gasteiger partial charge < -0.3 is 4.74 Å². The van der Waals surface area contributed by atoms with E-state index < -0.39 is 0 Å². The number of hydrogen-bond acceptors (Lipinski definition) is 3. The van der Waals surface area contributed by atoms with Crippen LogP contribution in [-0.4, -0.2) is 18.4 Å². The van der Waals surface area contributed by atoms with Gasteiger partial charge in [0.25, 0.3) is 0 Å². The average molecular weight is 146 g/mol. The van der Waals surface area contributed by atoms with Crippen molar-refractivity contribution in [2.75, 3.05) is 0 Å². The van der Waals surface area contributed by atoms with E-state index >= 15 is 0 Å². The van der Waals surface area contributed by atoms with E-state index in [0.717, 1.165) is 0 Å². The summed E-state index contributed by atoms with van der Waals surface area (Å²) in [7, 11) is 0. The molecule has 0 amide bonds. The first-order chi connectivity index (χ1) is 4.54. The first-order valence-corrected chi connectivity index (χ1v) is 3.19. The molecule has 0 saturated heterocycles. The van der Waals surface area contributed by atoms with Crippen LogP contribution >= 0.6 is 0 Å². The van der Waals surface area contributed by atoms with E-state index in [0.29, 0.717) is 12.2 Å². The van der Waals surface area contributed by atoms with Crippen LogP contribution in [0.2, 0.25) is 0 Å². The molecule has 60 valence electrons. The summed E-state index contributed by atoms with van der Waals surface area (Å²) in [5.74, 6) is 0. The fourth-order valence-electron chi connectivity index (χ4n) is 0.544. The molecule has 0 aliphatic heterocycles. The van der Waals surface area contributed by atoms with Gasteiger partial charge in [-0.05, 0) is 27.7 Å². The van der Waals surface area contributed by atoms with Crippen molar-refractivity contribution in [2.45, 2.75) is 39.9 Å². The summed E-state index contributed by atoms with van der Waals surface area (Å²) in [5, 5.41) is 0. The van der Waals surface area contributed by atoms with Gasteiger partial charge in [0, 0.05) is 0 Å². The number of rotatable bonds is 2. The van der Waals surface area contributed by atoms with Crippen molar-refractivity contribution in [1.82, 2.24) is 0 Å². The smallest absolute Gasteiger partial charge is 0.373 e. The van der Waals surface area contributed by atoms with E-state index in [4.69, 9.17) is 14.3 Å². The summed E-state index contributed by atoms with van der Waals surface area (Å²) in [6.45, 7) is 8.17. The monoisotopic (exact) mass is 146 g/mol. The molecule has 0 heterocycles. The molecule has 0 unspecified atom stereocenters. The molecule has 0 saturated carbocycles. The lowest BCUT2D eigenvalue weighted by Crippen LogP contribution is -2.09. The summed E-state index contributed by atoms with van der Waals surface area (Å²) in [6, 6.07) is 0. The lowest BCUT2D eigenvalue weighted by Gasteiger charge is -2.09. The Morgan fingerprint density at radius 3 is 1.20 bits per heavy atom. The zero-order valence-electron chi connectivity index (χ0n) is 6.88. The van der Waals surface area contributed by atoms with Gasteiger partial charge in [0.2, 0.25) is 0 Å². The maximum Gasteiger partial charge on any atom is 0.373 e. The van der Waals surface area contributed by atoms with Crippen molar-refractivity contribution >= 4 is 6.15 Å². The molecule has 0 aliphatic rings. The highest BCUT2D eigenvalue weighted by molar-refractivity contribution is 5.20. The van der Waals surface area contributed by atoms with E-state index in [1.165, 1.54) is 0 Å². The predicted octanol–water partition coefficient (Wildman–Crippen LogP) is 1.24. The van der Waals surface area contributed by atoms with Gasteiger partial charge in [0.1, 0.15) is 0 Å². The molecule has 0 N–H and O–H groups in total. The van der Waals surface area contributed by atoms with Crippen LogP contribution in [0.5, 0.6) is 0 Å². The quantitative estimate of drug-likeness (QED) is 0.588. The SMILES string of the molecule is CC(C)OC(C)C.O=C=O. The van der Waals surface area contributed by atoms with Crippen LogP contribution in [0, 0.1) is 0 Å². The molecule has 3 heteroatoms. The summed E-state index contributed by atoms with van der Waals surface area (Å²) < 4.78 is 5.25. The largest absolute Gasteiger partial charge is 0.376 e. The highest BCUT2D eigenvalue weighted by Crippen LogP contribution is 1.93. The van der Waals surface area contributed by atoms with Crippen LogP contribution in [0.3, 0.4) is 0 Å². The van der Waals surface area contributed by atoms with Crippen molar-refractivity contribution in [3.63, 3.8) is 0 Å². The molecular weight excluding hydrogens is 132 g/mol.